The maximum absolute atomic E-state index is 13.0. The second-order valence-electron chi connectivity index (χ2n) is 4.18. The molecule has 0 saturated heterocycles. The van der Waals surface area contributed by atoms with E-state index in [1.807, 2.05) is 0 Å². The number of rotatable bonds is 3. The summed E-state index contributed by atoms with van der Waals surface area (Å²) in [6, 6.07) is 0. The van der Waals surface area contributed by atoms with Crippen molar-refractivity contribution in [2.24, 2.45) is 5.92 Å². The third-order valence-corrected chi connectivity index (χ3v) is 1.68. The summed E-state index contributed by atoms with van der Waals surface area (Å²) in [4.78, 5) is 2.44. The third-order valence-electron chi connectivity index (χ3n) is 1.68. The van der Waals surface area contributed by atoms with Crippen molar-refractivity contribution in [2.45, 2.75) is 34.1 Å². The molecule has 0 aromatic carbocycles. The lowest BCUT2D eigenvalue weighted by molar-refractivity contribution is 0.410. The number of anilines is 1. The zero-order valence-electron chi connectivity index (χ0n) is 11.0. The Morgan fingerprint density at radius 3 is 1.72 bits per heavy atom. The fraction of sp³-hybridized carbons (Fsp3) is 0.583. The van der Waals surface area contributed by atoms with Crippen molar-refractivity contribution in [2.75, 3.05) is 11.9 Å². The predicted octanol–water partition coefficient (Wildman–Crippen LogP) is 4.12. The van der Waals surface area contributed by atoms with Crippen LogP contribution in [0.3, 0.4) is 0 Å². The van der Waals surface area contributed by atoms with Crippen LogP contribution < -0.4 is 5.32 Å². The average molecular weight is 266 g/mol. The van der Waals surface area contributed by atoms with E-state index in [1.54, 1.807) is 13.8 Å². The van der Waals surface area contributed by atoms with Gasteiger partial charge in [-0.05, 0) is 5.92 Å². The maximum atomic E-state index is 13.0. The van der Waals surface area contributed by atoms with Gasteiger partial charge in [0.2, 0.25) is 11.6 Å². The summed E-state index contributed by atoms with van der Waals surface area (Å²) in [5.74, 6) is -6.23. The van der Waals surface area contributed by atoms with Crippen molar-refractivity contribution in [1.29, 1.82) is 0 Å². The van der Waals surface area contributed by atoms with E-state index in [4.69, 9.17) is 0 Å². The van der Waals surface area contributed by atoms with Gasteiger partial charge in [-0.1, -0.05) is 34.1 Å². The molecule has 1 heterocycles. The van der Waals surface area contributed by atoms with Gasteiger partial charge in [0.1, 0.15) is 5.69 Å². The molecular weight excluding hydrogens is 248 g/mol. The van der Waals surface area contributed by atoms with Gasteiger partial charge in [-0.15, -0.1) is 0 Å². The lowest BCUT2D eigenvalue weighted by atomic mass is 10.2. The van der Waals surface area contributed by atoms with Gasteiger partial charge in [0.15, 0.2) is 0 Å². The number of halogens is 4. The Labute approximate surface area is 104 Å². The smallest absolute Gasteiger partial charge is 0.253 e. The molecule has 1 aromatic heterocycles. The molecule has 0 aliphatic carbocycles. The van der Waals surface area contributed by atoms with Gasteiger partial charge in [-0.2, -0.15) is 22.5 Å². The minimum absolute atomic E-state index is 0.0862. The topological polar surface area (TPSA) is 24.9 Å². The van der Waals surface area contributed by atoms with Crippen LogP contribution >= 0.6 is 0 Å². The fourth-order valence-corrected chi connectivity index (χ4v) is 0.948. The first kappa shape index (κ1) is 16.7. The van der Waals surface area contributed by atoms with E-state index < -0.39 is 29.2 Å². The first-order valence-electron chi connectivity index (χ1n) is 5.78. The van der Waals surface area contributed by atoms with Gasteiger partial charge in [-0.3, -0.25) is 0 Å². The number of nitrogens with one attached hydrogen (secondary N) is 1. The quantitative estimate of drug-likeness (QED) is 0.657. The van der Waals surface area contributed by atoms with E-state index in [1.165, 1.54) is 6.42 Å². The fourth-order valence-electron chi connectivity index (χ4n) is 0.948. The van der Waals surface area contributed by atoms with Crippen LogP contribution in [0.15, 0.2) is 0 Å². The summed E-state index contributed by atoms with van der Waals surface area (Å²) >= 11 is 0. The second-order valence-corrected chi connectivity index (χ2v) is 4.18. The Hall–Kier alpha value is -1.33. The Balaban J connectivity index is 0.000000873. The molecular formula is C12H18F4N2. The van der Waals surface area contributed by atoms with Crippen LogP contribution in [0.4, 0.5) is 23.2 Å². The molecule has 18 heavy (non-hydrogen) atoms. The summed E-state index contributed by atoms with van der Waals surface area (Å²) < 4.78 is 51.2. The summed E-state index contributed by atoms with van der Waals surface area (Å²) in [5.41, 5.74) is -0.811. The van der Waals surface area contributed by atoms with Crippen LogP contribution in [0.1, 0.15) is 34.1 Å². The Morgan fingerprint density at radius 2 is 1.39 bits per heavy atom. The second kappa shape index (κ2) is 7.89. The van der Waals surface area contributed by atoms with Crippen LogP contribution in [0.5, 0.6) is 0 Å². The van der Waals surface area contributed by atoms with Crippen molar-refractivity contribution in [3.05, 3.63) is 23.5 Å². The normalized spacial score (nSPS) is 10.1. The van der Waals surface area contributed by atoms with Crippen LogP contribution in [0.2, 0.25) is 0 Å². The number of hydrogen-bond donors (Lipinski definition) is 1. The van der Waals surface area contributed by atoms with Crippen molar-refractivity contribution < 1.29 is 17.6 Å². The summed E-state index contributed by atoms with van der Waals surface area (Å²) in [6.07, 6.45) is 1.25. The van der Waals surface area contributed by atoms with E-state index in [9.17, 15) is 17.6 Å². The van der Waals surface area contributed by atoms with Crippen molar-refractivity contribution >= 4 is 5.69 Å². The molecule has 0 fully saturated rings. The Kier molecular flexibility index (Phi) is 7.31. The molecule has 0 bridgehead atoms. The standard InChI is InChI=1S/C9H10F4N2.C3H8/c1-4(2)3-14-7-5(10)8(12)15-9(13)6(7)11;1-3-2/h4H,3H2,1-2H3,(H,14,15);3H2,1-2H3. The highest BCUT2D eigenvalue weighted by Gasteiger charge is 2.20. The van der Waals surface area contributed by atoms with Crippen LogP contribution in [-0.2, 0) is 0 Å². The Bertz CT molecular complexity index is 355. The Morgan fingerprint density at radius 1 is 1.00 bits per heavy atom. The SMILES string of the molecule is CC(C)CNc1c(F)c(F)nc(F)c1F.CCC. The first-order chi connectivity index (χ1) is 8.34. The molecule has 1 N–H and O–H groups in total. The van der Waals surface area contributed by atoms with Gasteiger partial charge in [0.25, 0.3) is 11.9 Å². The molecule has 0 saturated carbocycles. The van der Waals surface area contributed by atoms with Crippen LogP contribution in [-0.4, -0.2) is 11.5 Å². The zero-order valence-corrected chi connectivity index (χ0v) is 11.0. The summed E-state index contributed by atoms with van der Waals surface area (Å²) in [7, 11) is 0. The lowest BCUT2D eigenvalue weighted by Crippen LogP contribution is -2.13. The van der Waals surface area contributed by atoms with E-state index in [-0.39, 0.29) is 12.5 Å². The molecule has 6 heteroatoms. The minimum Gasteiger partial charge on any atom is -0.380 e. The molecule has 0 spiro atoms. The number of aromatic nitrogens is 1. The van der Waals surface area contributed by atoms with E-state index >= 15 is 0 Å². The van der Waals surface area contributed by atoms with Crippen molar-refractivity contribution in [1.82, 2.24) is 4.98 Å². The highest BCUT2D eigenvalue weighted by molar-refractivity contribution is 5.45. The highest BCUT2D eigenvalue weighted by Crippen LogP contribution is 2.21. The molecule has 0 aliphatic rings. The van der Waals surface area contributed by atoms with Crippen LogP contribution in [0.25, 0.3) is 0 Å². The monoisotopic (exact) mass is 266 g/mol. The van der Waals surface area contributed by atoms with E-state index in [0.29, 0.717) is 0 Å². The van der Waals surface area contributed by atoms with Crippen molar-refractivity contribution in [3.63, 3.8) is 0 Å². The number of pyridine rings is 1. The first-order valence-corrected chi connectivity index (χ1v) is 5.78. The molecule has 0 aliphatic heterocycles. The van der Waals surface area contributed by atoms with Gasteiger partial charge in [0, 0.05) is 6.54 Å². The molecule has 104 valence electrons. The van der Waals surface area contributed by atoms with Gasteiger partial charge in [-0.25, -0.2) is 0 Å². The molecule has 0 atom stereocenters. The third kappa shape index (κ3) is 4.89. The number of nitrogens with zero attached hydrogens (tertiary/aromatic N) is 1. The van der Waals surface area contributed by atoms with Gasteiger partial charge in [0.05, 0.1) is 0 Å². The summed E-state index contributed by atoms with van der Waals surface area (Å²) in [5, 5.41) is 2.29. The van der Waals surface area contributed by atoms with Gasteiger partial charge < -0.3 is 5.32 Å². The molecule has 0 radical (unpaired) electrons. The molecule has 2 nitrogen and oxygen atoms in total. The largest absolute Gasteiger partial charge is 0.380 e. The molecule has 0 amide bonds. The molecule has 1 aromatic rings. The minimum atomic E-state index is -1.65. The van der Waals surface area contributed by atoms with E-state index in [2.05, 4.69) is 24.1 Å². The van der Waals surface area contributed by atoms with Gasteiger partial charge >= 0.3 is 0 Å². The zero-order chi connectivity index (χ0) is 14.3. The van der Waals surface area contributed by atoms with Crippen molar-refractivity contribution in [3.8, 4) is 0 Å². The summed E-state index contributed by atoms with van der Waals surface area (Å²) in [6.45, 7) is 8.03. The molecule has 1 rings (SSSR count). The number of hydrogen-bond acceptors (Lipinski definition) is 2. The predicted molar refractivity (Wildman–Crippen MR) is 63.4 cm³/mol. The average Bonchev–Trinajstić information content (AvgIpc) is 2.27. The lowest BCUT2D eigenvalue weighted by Gasteiger charge is -2.10. The van der Waals surface area contributed by atoms with Crippen LogP contribution in [0, 0.1) is 29.4 Å². The highest BCUT2D eigenvalue weighted by atomic mass is 19.2. The van der Waals surface area contributed by atoms with E-state index in [0.717, 1.165) is 0 Å². The molecule has 0 unspecified atom stereocenters. The maximum Gasteiger partial charge on any atom is 0.253 e.